The maximum Gasteiger partial charge on any atom is 0.125 e. The van der Waals surface area contributed by atoms with Crippen LogP contribution < -0.4 is 10.1 Å². The Morgan fingerprint density at radius 2 is 2.00 bits per heavy atom. The molecule has 0 saturated heterocycles. The Balaban J connectivity index is 2.47. The molecular formula is C14H14Br3NOS. The average molecular weight is 484 g/mol. The second kappa shape index (κ2) is 7.40. The van der Waals surface area contributed by atoms with E-state index in [4.69, 9.17) is 4.74 Å². The topological polar surface area (TPSA) is 21.3 Å². The van der Waals surface area contributed by atoms with Gasteiger partial charge in [-0.15, -0.1) is 11.3 Å². The molecule has 0 amide bonds. The minimum atomic E-state index is 0.121. The Bertz CT molecular complexity index is 581. The predicted octanol–water partition coefficient (Wildman–Crippen LogP) is 5.74. The van der Waals surface area contributed by atoms with Gasteiger partial charge in [-0.1, -0.05) is 28.9 Å². The highest BCUT2D eigenvalue weighted by Crippen LogP contribution is 2.40. The number of methoxy groups -OCH3 is 1. The van der Waals surface area contributed by atoms with Crippen LogP contribution in [0.1, 0.15) is 23.4 Å². The van der Waals surface area contributed by atoms with Crippen LogP contribution in [0.25, 0.3) is 0 Å². The molecule has 1 aromatic heterocycles. The first-order chi connectivity index (χ1) is 9.56. The summed E-state index contributed by atoms with van der Waals surface area (Å²) in [7, 11) is 1.70. The van der Waals surface area contributed by atoms with Crippen molar-refractivity contribution in [3.8, 4) is 5.75 Å². The zero-order valence-corrected chi connectivity index (χ0v) is 16.6. The van der Waals surface area contributed by atoms with E-state index < -0.39 is 0 Å². The third-order valence-corrected chi connectivity index (χ3v) is 6.68. The third kappa shape index (κ3) is 3.65. The first kappa shape index (κ1) is 16.5. The molecule has 1 heterocycles. The van der Waals surface area contributed by atoms with E-state index in [1.54, 1.807) is 18.4 Å². The van der Waals surface area contributed by atoms with Gasteiger partial charge in [-0.25, -0.2) is 0 Å². The second-order valence-electron chi connectivity index (χ2n) is 4.15. The number of ether oxygens (including phenoxy) is 1. The Labute approximate surface area is 148 Å². The molecule has 6 heteroatoms. The van der Waals surface area contributed by atoms with E-state index in [0.29, 0.717) is 0 Å². The molecule has 0 bridgehead atoms. The number of benzene rings is 1. The maximum atomic E-state index is 5.52. The van der Waals surface area contributed by atoms with Gasteiger partial charge in [-0.05, 0) is 56.6 Å². The summed E-state index contributed by atoms with van der Waals surface area (Å²) in [4.78, 5) is 1.24. The minimum absolute atomic E-state index is 0.121. The van der Waals surface area contributed by atoms with Gasteiger partial charge in [0.05, 0.1) is 16.9 Å². The molecule has 0 aliphatic rings. The van der Waals surface area contributed by atoms with Gasteiger partial charge >= 0.3 is 0 Å². The monoisotopic (exact) mass is 481 g/mol. The summed E-state index contributed by atoms with van der Waals surface area (Å²) in [6.07, 6.45) is 0. The molecule has 2 rings (SSSR count). The van der Waals surface area contributed by atoms with E-state index in [1.165, 1.54) is 4.88 Å². The molecule has 0 saturated carbocycles. The van der Waals surface area contributed by atoms with Crippen molar-refractivity contribution in [2.24, 2.45) is 0 Å². The summed E-state index contributed by atoms with van der Waals surface area (Å²) in [5.74, 6) is 0.881. The number of hydrogen-bond donors (Lipinski definition) is 1. The summed E-state index contributed by atoms with van der Waals surface area (Å²) in [5, 5.41) is 3.52. The number of hydrogen-bond acceptors (Lipinski definition) is 3. The molecule has 0 fully saturated rings. The standard InChI is InChI=1S/C14H14Br3NOS/c1-3-18-13(12-7-10(16)14(17)20-12)9-5-4-8(15)6-11(9)19-2/h4-7,13,18H,3H2,1-2H3. The first-order valence-electron chi connectivity index (χ1n) is 6.08. The molecule has 1 unspecified atom stereocenters. The van der Waals surface area contributed by atoms with E-state index >= 15 is 0 Å². The van der Waals surface area contributed by atoms with Crippen LogP contribution in [-0.4, -0.2) is 13.7 Å². The molecule has 1 N–H and O–H groups in total. The molecule has 2 nitrogen and oxygen atoms in total. The number of halogens is 3. The fourth-order valence-corrected chi connectivity index (χ4v) is 4.52. The molecule has 1 atom stereocenters. The molecule has 1 aromatic carbocycles. The highest BCUT2D eigenvalue weighted by atomic mass is 79.9. The Morgan fingerprint density at radius 3 is 2.55 bits per heavy atom. The van der Waals surface area contributed by atoms with Crippen LogP contribution in [0.2, 0.25) is 0 Å². The normalized spacial score (nSPS) is 12.4. The zero-order valence-electron chi connectivity index (χ0n) is 11.0. The van der Waals surface area contributed by atoms with Crippen LogP contribution in [0, 0.1) is 0 Å². The quantitative estimate of drug-likeness (QED) is 0.585. The molecule has 108 valence electrons. The maximum absolute atomic E-state index is 5.52. The smallest absolute Gasteiger partial charge is 0.125 e. The Hall–Kier alpha value is 0.120. The van der Waals surface area contributed by atoms with Crippen LogP contribution in [0.3, 0.4) is 0 Å². The lowest BCUT2D eigenvalue weighted by molar-refractivity contribution is 0.404. The molecule has 0 aliphatic carbocycles. The van der Waals surface area contributed by atoms with E-state index in [-0.39, 0.29) is 6.04 Å². The largest absolute Gasteiger partial charge is 0.496 e. The van der Waals surface area contributed by atoms with Crippen molar-refractivity contribution in [2.75, 3.05) is 13.7 Å². The average Bonchev–Trinajstić information content (AvgIpc) is 2.76. The number of rotatable bonds is 5. The van der Waals surface area contributed by atoms with Gasteiger partial charge in [-0.2, -0.15) is 0 Å². The van der Waals surface area contributed by atoms with Crippen LogP contribution in [-0.2, 0) is 0 Å². The van der Waals surface area contributed by atoms with Gasteiger partial charge < -0.3 is 10.1 Å². The number of thiophene rings is 1. The van der Waals surface area contributed by atoms with Gasteiger partial charge in [-0.3, -0.25) is 0 Å². The highest BCUT2D eigenvalue weighted by Gasteiger charge is 2.20. The van der Waals surface area contributed by atoms with Crippen molar-refractivity contribution in [1.29, 1.82) is 0 Å². The molecule has 2 aromatic rings. The van der Waals surface area contributed by atoms with Gasteiger partial charge in [0.2, 0.25) is 0 Å². The molecule has 20 heavy (non-hydrogen) atoms. The van der Waals surface area contributed by atoms with E-state index in [1.807, 2.05) is 12.1 Å². The fraction of sp³-hybridized carbons (Fsp3) is 0.286. The first-order valence-corrected chi connectivity index (χ1v) is 9.28. The Morgan fingerprint density at radius 1 is 1.25 bits per heavy atom. The van der Waals surface area contributed by atoms with E-state index in [0.717, 1.165) is 30.6 Å². The van der Waals surface area contributed by atoms with Gasteiger partial charge in [0.15, 0.2) is 0 Å². The van der Waals surface area contributed by atoms with Crippen LogP contribution in [0.5, 0.6) is 5.75 Å². The van der Waals surface area contributed by atoms with E-state index in [2.05, 4.69) is 72.2 Å². The van der Waals surface area contributed by atoms with Crippen LogP contribution in [0.15, 0.2) is 37.0 Å². The van der Waals surface area contributed by atoms with Crippen LogP contribution in [0.4, 0.5) is 0 Å². The lowest BCUT2D eigenvalue weighted by Crippen LogP contribution is -2.21. The minimum Gasteiger partial charge on any atom is -0.496 e. The third-order valence-electron chi connectivity index (χ3n) is 2.86. The van der Waals surface area contributed by atoms with Crippen molar-refractivity contribution in [1.82, 2.24) is 5.32 Å². The second-order valence-corrected chi connectivity index (χ2v) is 8.32. The lowest BCUT2D eigenvalue weighted by atomic mass is 10.0. The molecular weight excluding hydrogens is 470 g/mol. The fourth-order valence-electron chi connectivity index (χ4n) is 2.00. The zero-order chi connectivity index (χ0) is 14.7. The van der Waals surface area contributed by atoms with Crippen molar-refractivity contribution >= 4 is 59.1 Å². The molecule has 0 radical (unpaired) electrons. The van der Waals surface area contributed by atoms with Crippen molar-refractivity contribution in [3.05, 3.63) is 47.4 Å². The molecule has 0 aliphatic heterocycles. The van der Waals surface area contributed by atoms with Crippen molar-refractivity contribution in [2.45, 2.75) is 13.0 Å². The van der Waals surface area contributed by atoms with Gasteiger partial charge in [0.1, 0.15) is 5.75 Å². The van der Waals surface area contributed by atoms with Crippen LogP contribution >= 0.6 is 59.1 Å². The summed E-state index contributed by atoms with van der Waals surface area (Å²) in [5.41, 5.74) is 1.14. The number of nitrogens with one attached hydrogen (secondary N) is 1. The highest BCUT2D eigenvalue weighted by molar-refractivity contribution is 9.13. The van der Waals surface area contributed by atoms with E-state index in [9.17, 15) is 0 Å². The summed E-state index contributed by atoms with van der Waals surface area (Å²) in [6, 6.07) is 8.40. The summed E-state index contributed by atoms with van der Waals surface area (Å²) >= 11 is 12.3. The Kier molecular flexibility index (Phi) is 6.10. The van der Waals surface area contributed by atoms with Crippen molar-refractivity contribution in [3.63, 3.8) is 0 Å². The SMILES string of the molecule is CCNC(c1cc(Br)c(Br)s1)c1ccc(Br)cc1OC. The van der Waals surface area contributed by atoms with Gasteiger partial charge in [0.25, 0.3) is 0 Å². The summed E-state index contributed by atoms with van der Waals surface area (Å²) in [6.45, 7) is 2.99. The molecule has 0 spiro atoms. The van der Waals surface area contributed by atoms with Gasteiger partial charge in [0, 0.05) is 19.4 Å². The van der Waals surface area contributed by atoms with Crippen molar-refractivity contribution < 1.29 is 4.74 Å². The lowest BCUT2D eigenvalue weighted by Gasteiger charge is -2.20. The summed E-state index contributed by atoms with van der Waals surface area (Å²) < 4.78 is 8.72. The predicted molar refractivity (Wildman–Crippen MR) is 95.9 cm³/mol.